The maximum Gasteiger partial charge on any atom is 0.237 e. The monoisotopic (exact) mass is 149 g/mol. The summed E-state index contributed by atoms with van der Waals surface area (Å²) in [5.74, 6) is -0.105. The van der Waals surface area contributed by atoms with E-state index < -0.39 is 5.38 Å². The molecule has 9 heavy (non-hydrogen) atoms. The van der Waals surface area contributed by atoms with E-state index >= 15 is 0 Å². The number of hydrogen-bond acceptors (Lipinski definition) is 1. The molecule has 1 atom stereocenters. The van der Waals surface area contributed by atoms with Crippen molar-refractivity contribution >= 4 is 17.5 Å². The highest BCUT2D eigenvalue weighted by Gasteiger charge is 2.08. The molecule has 0 aliphatic carbocycles. The Morgan fingerprint density at radius 3 is 2.00 bits per heavy atom. The van der Waals surface area contributed by atoms with Crippen LogP contribution in [0, 0.1) is 0 Å². The molecule has 0 rings (SSSR count). The van der Waals surface area contributed by atoms with Crippen molar-refractivity contribution < 1.29 is 4.79 Å². The first-order valence-electron chi connectivity index (χ1n) is 2.98. The van der Waals surface area contributed by atoms with Crippen molar-refractivity contribution in [3.63, 3.8) is 0 Å². The molecular weight excluding hydrogens is 138 g/mol. The summed E-state index contributed by atoms with van der Waals surface area (Å²) < 4.78 is 0. The molecule has 3 heteroatoms. The van der Waals surface area contributed by atoms with Crippen LogP contribution in [0.1, 0.15) is 20.8 Å². The maximum absolute atomic E-state index is 10.7. The summed E-state index contributed by atoms with van der Waals surface area (Å²) in [5.41, 5.74) is 0. The minimum atomic E-state index is -0.424. The van der Waals surface area contributed by atoms with Gasteiger partial charge in [0.1, 0.15) is 5.38 Å². The quantitative estimate of drug-likeness (QED) is 0.587. The predicted molar refractivity (Wildman–Crippen MR) is 38.6 cm³/mol. The van der Waals surface area contributed by atoms with E-state index in [9.17, 15) is 4.79 Å². The molecule has 54 valence electrons. The number of halogens is 1. The van der Waals surface area contributed by atoms with Gasteiger partial charge in [-0.05, 0) is 20.8 Å². The second kappa shape index (κ2) is 3.72. The van der Waals surface area contributed by atoms with Gasteiger partial charge in [0.15, 0.2) is 0 Å². The molecule has 0 bridgehead atoms. The average molecular weight is 150 g/mol. The highest BCUT2D eigenvalue weighted by Crippen LogP contribution is 1.92. The molecule has 0 spiro atoms. The van der Waals surface area contributed by atoms with E-state index in [0.717, 1.165) is 0 Å². The van der Waals surface area contributed by atoms with Gasteiger partial charge in [-0.3, -0.25) is 4.79 Å². The molecule has 0 saturated heterocycles. The largest absolute Gasteiger partial charge is 0.353 e. The molecule has 0 unspecified atom stereocenters. The lowest BCUT2D eigenvalue weighted by Gasteiger charge is -2.08. The molecule has 0 saturated carbocycles. The Morgan fingerprint density at radius 1 is 1.44 bits per heavy atom. The Kier molecular flexibility index (Phi) is 3.62. The third-order valence-corrected chi connectivity index (χ3v) is 0.990. The Morgan fingerprint density at radius 2 is 1.89 bits per heavy atom. The maximum atomic E-state index is 10.7. The third kappa shape index (κ3) is 4.28. The summed E-state index contributed by atoms with van der Waals surface area (Å²) in [5, 5.41) is 2.25. The van der Waals surface area contributed by atoms with Crippen LogP contribution in [0.2, 0.25) is 0 Å². The molecule has 0 aliphatic heterocycles. The SMILES string of the molecule is CC(C)NC(=O)[C@H](C)Cl. The Labute approximate surface area is 60.6 Å². The number of nitrogens with one attached hydrogen (secondary N) is 1. The molecule has 0 aromatic heterocycles. The number of hydrogen-bond donors (Lipinski definition) is 1. The summed E-state index contributed by atoms with van der Waals surface area (Å²) >= 11 is 5.46. The summed E-state index contributed by atoms with van der Waals surface area (Å²) in [6, 6.07) is 0.179. The van der Waals surface area contributed by atoms with Crippen molar-refractivity contribution in [2.75, 3.05) is 0 Å². The lowest BCUT2D eigenvalue weighted by molar-refractivity contribution is -0.120. The Balaban J connectivity index is 3.51. The van der Waals surface area contributed by atoms with E-state index in [1.165, 1.54) is 0 Å². The lowest BCUT2D eigenvalue weighted by atomic mass is 10.3. The van der Waals surface area contributed by atoms with E-state index in [4.69, 9.17) is 11.6 Å². The van der Waals surface area contributed by atoms with Crippen molar-refractivity contribution in [3.8, 4) is 0 Å². The van der Waals surface area contributed by atoms with Crippen LogP contribution in [0.5, 0.6) is 0 Å². The van der Waals surface area contributed by atoms with Crippen LogP contribution in [0.4, 0.5) is 0 Å². The van der Waals surface area contributed by atoms with Gasteiger partial charge in [0.2, 0.25) is 5.91 Å². The molecule has 0 fully saturated rings. The second-order valence-electron chi connectivity index (χ2n) is 2.28. The molecule has 0 radical (unpaired) electrons. The number of carbonyl (C=O) groups is 1. The molecule has 2 nitrogen and oxygen atoms in total. The third-order valence-electron chi connectivity index (χ3n) is 0.792. The van der Waals surface area contributed by atoms with Gasteiger partial charge < -0.3 is 5.32 Å². The van der Waals surface area contributed by atoms with Gasteiger partial charge in [-0.1, -0.05) is 0 Å². The molecule has 0 aromatic rings. The van der Waals surface area contributed by atoms with Gasteiger partial charge >= 0.3 is 0 Å². The predicted octanol–water partition coefficient (Wildman–Crippen LogP) is 1.14. The fourth-order valence-corrected chi connectivity index (χ4v) is 0.462. The Hall–Kier alpha value is -0.240. The zero-order valence-corrected chi connectivity index (χ0v) is 6.70. The van der Waals surface area contributed by atoms with Crippen LogP contribution in [0.15, 0.2) is 0 Å². The average Bonchev–Trinajstić information content (AvgIpc) is 1.63. The summed E-state index contributed by atoms with van der Waals surface area (Å²) in [6.07, 6.45) is 0. The van der Waals surface area contributed by atoms with Crippen LogP contribution >= 0.6 is 11.6 Å². The van der Waals surface area contributed by atoms with Crippen molar-refractivity contribution in [1.82, 2.24) is 5.32 Å². The van der Waals surface area contributed by atoms with E-state index in [-0.39, 0.29) is 11.9 Å². The first kappa shape index (κ1) is 8.76. The van der Waals surface area contributed by atoms with Crippen LogP contribution in [-0.4, -0.2) is 17.3 Å². The highest BCUT2D eigenvalue weighted by atomic mass is 35.5. The molecule has 0 aromatic carbocycles. The van der Waals surface area contributed by atoms with Gasteiger partial charge in [0.05, 0.1) is 0 Å². The van der Waals surface area contributed by atoms with Crippen molar-refractivity contribution in [2.24, 2.45) is 0 Å². The van der Waals surface area contributed by atoms with Crippen LogP contribution in [-0.2, 0) is 4.79 Å². The molecular formula is C6H12ClNO. The second-order valence-corrected chi connectivity index (χ2v) is 2.93. The standard InChI is InChI=1S/C6H12ClNO/c1-4(2)8-6(9)5(3)7/h4-5H,1-3H3,(H,8,9)/t5-/m0/s1. The van der Waals surface area contributed by atoms with Gasteiger partial charge in [-0.25, -0.2) is 0 Å². The highest BCUT2D eigenvalue weighted by molar-refractivity contribution is 6.30. The minimum absolute atomic E-state index is 0.105. The van der Waals surface area contributed by atoms with Crippen molar-refractivity contribution in [1.29, 1.82) is 0 Å². The first-order chi connectivity index (χ1) is 4.04. The smallest absolute Gasteiger partial charge is 0.237 e. The molecule has 0 aliphatic rings. The summed E-state index contributed by atoms with van der Waals surface area (Å²) in [4.78, 5) is 10.7. The zero-order valence-electron chi connectivity index (χ0n) is 5.94. The number of rotatable bonds is 2. The van der Waals surface area contributed by atoms with Gasteiger partial charge in [0.25, 0.3) is 0 Å². The zero-order chi connectivity index (χ0) is 7.44. The van der Waals surface area contributed by atoms with Gasteiger partial charge in [0, 0.05) is 6.04 Å². The topological polar surface area (TPSA) is 29.1 Å². The van der Waals surface area contributed by atoms with Gasteiger partial charge in [-0.2, -0.15) is 0 Å². The number of amides is 1. The van der Waals surface area contributed by atoms with Crippen molar-refractivity contribution in [3.05, 3.63) is 0 Å². The minimum Gasteiger partial charge on any atom is -0.353 e. The molecule has 0 heterocycles. The first-order valence-corrected chi connectivity index (χ1v) is 3.42. The van der Waals surface area contributed by atoms with Crippen LogP contribution < -0.4 is 5.32 Å². The fourth-order valence-electron chi connectivity index (χ4n) is 0.399. The van der Waals surface area contributed by atoms with E-state index in [1.807, 2.05) is 13.8 Å². The van der Waals surface area contributed by atoms with E-state index in [1.54, 1.807) is 6.92 Å². The summed E-state index contributed by atoms with van der Waals surface area (Å²) in [6.45, 7) is 5.45. The number of carbonyl (C=O) groups excluding carboxylic acids is 1. The number of alkyl halides is 1. The summed E-state index contributed by atoms with van der Waals surface area (Å²) in [7, 11) is 0. The van der Waals surface area contributed by atoms with Crippen molar-refractivity contribution in [2.45, 2.75) is 32.2 Å². The fraction of sp³-hybridized carbons (Fsp3) is 0.833. The Bertz CT molecular complexity index is 101. The molecule has 1 N–H and O–H groups in total. The van der Waals surface area contributed by atoms with Gasteiger partial charge in [-0.15, -0.1) is 11.6 Å². The lowest BCUT2D eigenvalue weighted by Crippen LogP contribution is -2.34. The van der Waals surface area contributed by atoms with E-state index in [0.29, 0.717) is 0 Å². The van der Waals surface area contributed by atoms with E-state index in [2.05, 4.69) is 5.32 Å². The normalized spacial score (nSPS) is 13.4. The molecule has 1 amide bonds. The van der Waals surface area contributed by atoms with Crippen LogP contribution in [0.3, 0.4) is 0 Å². The van der Waals surface area contributed by atoms with Crippen LogP contribution in [0.25, 0.3) is 0 Å².